The molecule has 0 radical (unpaired) electrons. The summed E-state index contributed by atoms with van der Waals surface area (Å²) >= 11 is 17.7. The molecule has 0 saturated heterocycles. The molecule has 0 aromatic heterocycles. The van der Waals surface area contributed by atoms with E-state index < -0.39 is 17.7 Å². The summed E-state index contributed by atoms with van der Waals surface area (Å²) in [7, 11) is 0. The fourth-order valence-corrected chi connectivity index (χ4v) is 2.31. The highest BCUT2D eigenvalue weighted by Gasteiger charge is 2.16. The number of hydrogen-bond acceptors (Lipinski definition) is 3. The standard InChI is InChI=1S/C14H7Cl3FNO4/c15-8-5-7(1-2-11(8)18)23-12-9(16)3-6(4-10(12)17)19-13(20)14(21)22/h1-5H,(H,19,20)(H,21,22). The number of carbonyl (C=O) groups is 2. The first-order valence-corrected chi connectivity index (χ1v) is 7.07. The minimum atomic E-state index is -1.65. The van der Waals surface area contributed by atoms with Crippen molar-refractivity contribution in [2.45, 2.75) is 0 Å². The van der Waals surface area contributed by atoms with Gasteiger partial charge >= 0.3 is 11.9 Å². The van der Waals surface area contributed by atoms with Crippen LogP contribution in [0.3, 0.4) is 0 Å². The van der Waals surface area contributed by atoms with Gasteiger partial charge in [-0.05, 0) is 24.3 Å². The highest BCUT2D eigenvalue weighted by molar-refractivity contribution is 6.39. The Bertz CT molecular complexity index is 775. The zero-order valence-electron chi connectivity index (χ0n) is 11.1. The lowest BCUT2D eigenvalue weighted by Crippen LogP contribution is -2.21. The van der Waals surface area contributed by atoms with Gasteiger partial charge in [0.2, 0.25) is 0 Å². The fourth-order valence-electron chi connectivity index (χ4n) is 1.57. The Morgan fingerprint density at radius 3 is 2.17 bits per heavy atom. The maximum atomic E-state index is 13.1. The Morgan fingerprint density at radius 1 is 1.04 bits per heavy atom. The van der Waals surface area contributed by atoms with E-state index in [9.17, 15) is 14.0 Å². The van der Waals surface area contributed by atoms with Crippen molar-refractivity contribution in [1.29, 1.82) is 0 Å². The van der Waals surface area contributed by atoms with Crippen LogP contribution in [0.4, 0.5) is 10.1 Å². The average molecular weight is 379 g/mol. The molecule has 120 valence electrons. The first-order chi connectivity index (χ1) is 10.8. The lowest BCUT2D eigenvalue weighted by Gasteiger charge is -2.12. The molecule has 0 bridgehead atoms. The number of halogens is 4. The SMILES string of the molecule is O=C(O)C(=O)Nc1cc(Cl)c(Oc2ccc(F)c(Cl)c2)c(Cl)c1. The van der Waals surface area contributed by atoms with E-state index in [-0.39, 0.29) is 32.3 Å². The van der Waals surface area contributed by atoms with Crippen molar-refractivity contribution in [2.24, 2.45) is 0 Å². The van der Waals surface area contributed by atoms with Crippen LogP contribution in [0.25, 0.3) is 0 Å². The number of nitrogens with one attached hydrogen (secondary N) is 1. The van der Waals surface area contributed by atoms with E-state index in [1.807, 2.05) is 0 Å². The van der Waals surface area contributed by atoms with E-state index in [1.54, 1.807) is 0 Å². The molecule has 0 atom stereocenters. The number of rotatable bonds is 3. The number of amides is 1. The molecule has 2 aromatic carbocycles. The number of benzene rings is 2. The van der Waals surface area contributed by atoms with Crippen LogP contribution in [0, 0.1) is 5.82 Å². The zero-order chi connectivity index (χ0) is 17.1. The molecule has 0 spiro atoms. The van der Waals surface area contributed by atoms with E-state index >= 15 is 0 Å². The molecule has 2 aromatic rings. The van der Waals surface area contributed by atoms with Gasteiger partial charge in [0.05, 0.1) is 15.1 Å². The number of carboxylic acids is 1. The van der Waals surface area contributed by atoms with E-state index in [1.165, 1.54) is 24.3 Å². The molecule has 0 saturated carbocycles. The Hall–Kier alpha value is -2.02. The van der Waals surface area contributed by atoms with Crippen LogP contribution in [-0.2, 0) is 9.59 Å². The number of hydrogen-bond donors (Lipinski definition) is 2. The van der Waals surface area contributed by atoms with E-state index in [0.717, 1.165) is 6.07 Å². The van der Waals surface area contributed by atoms with Gasteiger partial charge in [-0.1, -0.05) is 34.8 Å². The molecule has 1 amide bonds. The minimum absolute atomic E-state index is 0.0126. The Labute approximate surface area is 144 Å². The molecule has 0 unspecified atom stereocenters. The van der Waals surface area contributed by atoms with Crippen molar-refractivity contribution >= 4 is 52.4 Å². The smallest absolute Gasteiger partial charge is 0.394 e. The van der Waals surface area contributed by atoms with E-state index in [4.69, 9.17) is 44.6 Å². The molecular weight excluding hydrogens is 372 g/mol. The molecule has 9 heteroatoms. The monoisotopic (exact) mass is 377 g/mol. The summed E-state index contributed by atoms with van der Waals surface area (Å²) in [5.41, 5.74) is 0.0805. The lowest BCUT2D eigenvalue weighted by atomic mass is 10.3. The van der Waals surface area contributed by atoms with Crippen LogP contribution >= 0.6 is 34.8 Å². The Morgan fingerprint density at radius 2 is 1.65 bits per heavy atom. The summed E-state index contributed by atoms with van der Waals surface area (Å²) in [6.45, 7) is 0. The number of anilines is 1. The van der Waals surface area contributed by atoms with Gasteiger partial charge in [-0.15, -0.1) is 0 Å². The molecule has 2 rings (SSSR count). The predicted molar refractivity (Wildman–Crippen MR) is 84.2 cm³/mol. The van der Waals surface area contributed by atoms with Gasteiger partial charge in [-0.3, -0.25) is 4.79 Å². The van der Waals surface area contributed by atoms with Crippen molar-refractivity contribution < 1.29 is 23.8 Å². The van der Waals surface area contributed by atoms with Crippen molar-refractivity contribution in [3.8, 4) is 11.5 Å². The number of ether oxygens (including phenoxy) is 1. The van der Waals surface area contributed by atoms with Crippen LogP contribution in [0.1, 0.15) is 0 Å². The molecule has 5 nitrogen and oxygen atoms in total. The van der Waals surface area contributed by atoms with Crippen molar-refractivity contribution in [1.82, 2.24) is 0 Å². The average Bonchev–Trinajstić information content (AvgIpc) is 2.46. The van der Waals surface area contributed by atoms with Crippen LogP contribution < -0.4 is 10.1 Å². The molecule has 0 heterocycles. The maximum Gasteiger partial charge on any atom is 0.394 e. The van der Waals surface area contributed by atoms with Gasteiger partial charge in [-0.25, -0.2) is 9.18 Å². The maximum absolute atomic E-state index is 13.1. The summed E-state index contributed by atoms with van der Waals surface area (Å²) < 4.78 is 18.5. The lowest BCUT2D eigenvalue weighted by molar-refractivity contribution is -0.147. The first kappa shape index (κ1) is 17.3. The van der Waals surface area contributed by atoms with Gasteiger partial charge in [-0.2, -0.15) is 0 Å². The van der Waals surface area contributed by atoms with E-state index in [2.05, 4.69) is 5.32 Å². The summed E-state index contributed by atoms with van der Waals surface area (Å²) in [6.07, 6.45) is 0. The molecule has 0 aliphatic rings. The number of aliphatic carboxylic acids is 1. The largest absolute Gasteiger partial charge is 0.474 e. The number of carboxylic acid groups (broad SMARTS) is 1. The predicted octanol–water partition coefficient (Wildman–Crippen LogP) is 4.60. The second-order valence-corrected chi connectivity index (χ2v) is 5.43. The first-order valence-electron chi connectivity index (χ1n) is 5.94. The second kappa shape index (κ2) is 7.04. The molecule has 0 fully saturated rings. The van der Waals surface area contributed by atoms with Crippen LogP contribution in [0.5, 0.6) is 11.5 Å². The van der Waals surface area contributed by atoms with Crippen LogP contribution in [0.15, 0.2) is 30.3 Å². The number of carbonyl (C=O) groups excluding carboxylic acids is 1. The molecule has 0 aliphatic carbocycles. The Balaban J connectivity index is 2.28. The highest BCUT2D eigenvalue weighted by atomic mass is 35.5. The summed E-state index contributed by atoms with van der Waals surface area (Å²) in [5, 5.41) is 10.5. The Kier molecular flexibility index (Phi) is 5.30. The van der Waals surface area contributed by atoms with Gasteiger partial charge in [0.1, 0.15) is 11.6 Å². The third-order valence-electron chi connectivity index (χ3n) is 2.56. The summed E-state index contributed by atoms with van der Waals surface area (Å²) in [6, 6.07) is 6.20. The minimum Gasteiger partial charge on any atom is -0.474 e. The highest BCUT2D eigenvalue weighted by Crippen LogP contribution is 2.39. The van der Waals surface area contributed by atoms with Gasteiger partial charge in [0.25, 0.3) is 0 Å². The third kappa shape index (κ3) is 4.25. The molecule has 23 heavy (non-hydrogen) atoms. The van der Waals surface area contributed by atoms with Crippen molar-refractivity contribution in [3.05, 3.63) is 51.2 Å². The molecule has 0 aliphatic heterocycles. The topological polar surface area (TPSA) is 75.6 Å². The molecular formula is C14H7Cl3FNO4. The summed E-state index contributed by atoms with van der Waals surface area (Å²) in [5.74, 6) is -3.26. The zero-order valence-corrected chi connectivity index (χ0v) is 13.3. The fraction of sp³-hybridized carbons (Fsp3) is 0. The molecule has 2 N–H and O–H groups in total. The van der Waals surface area contributed by atoms with Gasteiger partial charge in [0.15, 0.2) is 5.75 Å². The van der Waals surface area contributed by atoms with E-state index in [0.29, 0.717) is 0 Å². The van der Waals surface area contributed by atoms with Gasteiger partial charge < -0.3 is 15.2 Å². The summed E-state index contributed by atoms with van der Waals surface area (Å²) in [4.78, 5) is 21.6. The van der Waals surface area contributed by atoms with Crippen molar-refractivity contribution in [2.75, 3.05) is 5.32 Å². The third-order valence-corrected chi connectivity index (χ3v) is 3.41. The normalized spacial score (nSPS) is 10.3. The van der Waals surface area contributed by atoms with Gasteiger partial charge in [0, 0.05) is 11.8 Å². The van der Waals surface area contributed by atoms with Crippen LogP contribution in [0.2, 0.25) is 15.1 Å². The second-order valence-electron chi connectivity index (χ2n) is 4.21. The van der Waals surface area contributed by atoms with Crippen molar-refractivity contribution in [3.63, 3.8) is 0 Å². The van der Waals surface area contributed by atoms with Crippen LogP contribution in [-0.4, -0.2) is 17.0 Å². The quantitative estimate of drug-likeness (QED) is 0.765.